The van der Waals surface area contributed by atoms with Crippen LogP contribution in [-0.4, -0.2) is 34.3 Å². The molecular weight excluding hydrogens is 367 g/mol. The summed E-state index contributed by atoms with van der Waals surface area (Å²) in [6.45, 7) is 0.272. The van der Waals surface area contributed by atoms with Gasteiger partial charge >= 0.3 is 5.97 Å². The van der Waals surface area contributed by atoms with Gasteiger partial charge in [-0.05, 0) is 27.9 Å². The molecule has 21 heavy (non-hydrogen) atoms. The number of halogens is 2. The van der Waals surface area contributed by atoms with Crippen LogP contribution in [0.25, 0.3) is 0 Å². The number of nitro groups is 1. The Labute approximate surface area is 132 Å². The lowest BCUT2D eigenvalue weighted by atomic mass is 10.1. The summed E-state index contributed by atoms with van der Waals surface area (Å²) in [4.78, 5) is 34.7. The third kappa shape index (κ3) is 3.01. The number of aromatic carboxylic acids is 1. The Balaban J connectivity index is 2.55. The first-order chi connectivity index (χ1) is 9.85. The van der Waals surface area contributed by atoms with Gasteiger partial charge in [-0.1, -0.05) is 0 Å². The third-order valence-corrected chi connectivity index (χ3v) is 4.22. The van der Waals surface area contributed by atoms with Crippen LogP contribution in [0.5, 0.6) is 0 Å². The Morgan fingerprint density at radius 1 is 1.57 bits per heavy atom. The minimum atomic E-state index is -1.28. The number of rotatable bonds is 4. The summed E-state index contributed by atoms with van der Waals surface area (Å²) < 4.78 is 0.192. The predicted molar refractivity (Wildman–Crippen MR) is 78.9 cm³/mol. The normalized spacial score (nSPS) is 18.1. The summed E-state index contributed by atoms with van der Waals surface area (Å²) in [6, 6.07) is 2.19. The minimum absolute atomic E-state index is 0.0719. The van der Waals surface area contributed by atoms with Crippen LogP contribution in [0.15, 0.2) is 16.6 Å². The van der Waals surface area contributed by atoms with Crippen molar-refractivity contribution in [3.05, 3.63) is 32.3 Å². The second kappa shape index (κ2) is 5.98. The van der Waals surface area contributed by atoms with E-state index in [1.54, 1.807) is 0 Å². The second-order valence-corrected chi connectivity index (χ2v) is 5.78. The van der Waals surface area contributed by atoms with Crippen LogP contribution in [0, 0.1) is 16.0 Å². The number of nitro benzene ring substituents is 1. The molecule has 2 rings (SSSR count). The highest BCUT2D eigenvalue weighted by atomic mass is 79.9. The molecule has 9 heteroatoms. The fraction of sp³-hybridized carbons (Fsp3) is 0.333. The molecule has 1 heterocycles. The van der Waals surface area contributed by atoms with Gasteiger partial charge in [-0.3, -0.25) is 14.9 Å². The molecule has 1 aliphatic heterocycles. The van der Waals surface area contributed by atoms with E-state index in [-0.39, 0.29) is 46.4 Å². The van der Waals surface area contributed by atoms with Crippen molar-refractivity contribution < 1.29 is 19.6 Å². The molecule has 1 aromatic carbocycles. The van der Waals surface area contributed by atoms with Gasteiger partial charge in [-0.25, -0.2) is 4.79 Å². The summed E-state index contributed by atoms with van der Waals surface area (Å²) in [6.07, 6.45) is 0.216. The van der Waals surface area contributed by atoms with Gasteiger partial charge in [-0.2, -0.15) is 0 Å². The quantitative estimate of drug-likeness (QED) is 0.494. The highest BCUT2D eigenvalue weighted by Crippen LogP contribution is 2.40. The van der Waals surface area contributed by atoms with Crippen molar-refractivity contribution in [2.75, 3.05) is 17.3 Å². The summed E-state index contributed by atoms with van der Waals surface area (Å²) in [5.41, 5.74) is -0.578. The second-order valence-electron chi connectivity index (χ2n) is 4.62. The van der Waals surface area contributed by atoms with E-state index in [4.69, 9.17) is 16.7 Å². The molecule has 0 aliphatic carbocycles. The van der Waals surface area contributed by atoms with E-state index in [0.29, 0.717) is 0 Å². The predicted octanol–water partition coefficient (Wildman–Crippen LogP) is 2.65. The first-order valence-electron chi connectivity index (χ1n) is 5.92. The number of carbonyl (C=O) groups is 2. The minimum Gasteiger partial charge on any atom is -0.478 e. The molecule has 1 amide bonds. The zero-order chi connectivity index (χ0) is 15.7. The first-order valence-corrected chi connectivity index (χ1v) is 7.25. The standard InChI is InChI=1S/C12H10BrClN2O5/c13-8-2-7(12(18)19)3-9(16(20)21)11(8)15-5-6(4-14)1-10(15)17/h2-3,6H,1,4-5H2,(H,18,19). The van der Waals surface area contributed by atoms with Crippen LogP contribution in [0.1, 0.15) is 16.8 Å². The van der Waals surface area contributed by atoms with Crippen LogP contribution in [0.4, 0.5) is 11.4 Å². The van der Waals surface area contributed by atoms with Crippen LogP contribution in [0.3, 0.4) is 0 Å². The Morgan fingerprint density at radius 2 is 2.24 bits per heavy atom. The topological polar surface area (TPSA) is 101 Å². The largest absolute Gasteiger partial charge is 0.478 e. The molecule has 1 atom stereocenters. The molecular formula is C12H10BrClN2O5. The van der Waals surface area contributed by atoms with Gasteiger partial charge < -0.3 is 10.0 Å². The molecule has 0 radical (unpaired) electrons. The van der Waals surface area contributed by atoms with Crippen LogP contribution in [-0.2, 0) is 4.79 Å². The molecule has 0 aromatic heterocycles. The highest BCUT2D eigenvalue weighted by molar-refractivity contribution is 9.10. The molecule has 1 aromatic rings. The lowest BCUT2D eigenvalue weighted by molar-refractivity contribution is -0.384. The van der Waals surface area contributed by atoms with E-state index in [0.717, 1.165) is 6.07 Å². The monoisotopic (exact) mass is 376 g/mol. The van der Waals surface area contributed by atoms with E-state index in [2.05, 4.69) is 15.9 Å². The number of nitrogens with zero attached hydrogens (tertiary/aromatic N) is 2. The zero-order valence-corrected chi connectivity index (χ0v) is 12.9. The molecule has 7 nitrogen and oxygen atoms in total. The molecule has 0 bridgehead atoms. The van der Waals surface area contributed by atoms with Gasteiger partial charge in [0.2, 0.25) is 5.91 Å². The lowest BCUT2D eigenvalue weighted by Crippen LogP contribution is -2.26. The average Bonchev–Trinajstić information content (AvgIpc) is 2.78. The fourth-order valence-electron chi connectivity index (χ4n) is 2.22. The fourth-order valence-corrected chi connectivity index (χ4v) is 3.09. The summed E-state index contributed by atoms with van der Waals surface area (Å²) in [5, 5.41) is 20.2. The van der Waals surface area contributed by atoms with E-state index in [1.807, 2.05) is 0 Å². The van der Waals surface area contributed by atoms with Crippen molar-refractivity contribution in [1.82, 2.24) is 0 Å². The number of hydrogen-bond acceptors (Lipinski definition) is 4. The number of alkyl halides is 1. The molecule has 1 fully saturated rings. The Hall–Kier alpha value is -1.67. The SMILES string of the molecule is O=C(O)c1cc(Br)c(N2CC(CCl)CC2=O)c([N+](=O)[O-])c1. The van der Waals surface area contributed by atoms with Crippen molar-refractivity contribution in [2.24, 2.45) is 5.92 Å². The van der Waals surface area contributed by atoms with E-state index < -0.39 is 16.6 Å². The van der Waals surface area contributed by atoms with Crippen LogP contribution >= 0.6 is 27.5 Å². The first kappa shape index (κ1) is 15.7. The van der Waals surface area contributed by atoms with E-state index >= 15 is 0 Å². The molecule has 1 N–H and O–H groups in total. The molecule has 0 saturated carbocycles. The molecule has 1 unspecified atom stereocenters. The van der Waals surface area contributed by atoms with E-state index in [9.17, 15) is 19.7 Å². The van der Waals surface area contributed by atoms with Gasteiger partial charge in [0.05, 0.1) is 10.5 Å². The van der Waals surface area contributed by atoms with E-state index in [1.165, 1.54) is 11.0 Å². The number of anilines is 1. The van der Waals surface area contributed by atoms with Crippen molar-refractivity contribution in [2.45, 2.75) is 6.42 Å². The molecule has 1 aliphatic rings. The number of amides is 1. The summed E-state index contributed by atoms with van der Waals surface area (Å²) >= 11 is 8.85. The van der Waals surface area contributed by atoms with Gasteiger partial charge in [0, 0.05) is 29.4 Å². The average molecular weight is 378 g/mol. The zero-order valence-electron chi connectivity index (χ0n) is 10.6. The Kier molecular flexibility index (Phi) is 4.48. The third-order valence-electron chi connectivity index (χ3n) is 3.18. The van der Waals surface area contributed by atoms with Crippen molar-refractivity contribution in [3.8, 4) is 0 Å². The van der Waals surface area contributed by atoms with Gasteiger partial charge in [0.25, 0.3) is 5.69 Å². The maximum absolute atomic E-state index is 12.0. The maximum atomic E-state index is 12.0. The number of carbonyl (C=O) groups excluding carboxylic acids is 1. The highest BCUT2D eigenvalue weighted by Gasteiger charge is 2.35. The van der Waals surface area contributed by atoms with Crippen molar-refractivity contribution in [3.63, 3.8) is 0 Å². The van der Waals surface area contributed by atoms with Crippen LogP contribution in [0.2, 0.25) is 0 Å². The van der Waals surface area contributed by atoms with Crippen molar-refractivity contribution >= 4 is 50.8 Å². The Bertz CT molecular complexity index is 636. The maximum Gasteiger partial charge on any atom is 0.335 e. The Morgan fingerprint density at radius 3 is 2.71 bits per heavy atom. The molecule has 0 spiro atoms. The van der Waals surface area contributed by atoms with Gasteiger partial charge in [0.1, 0.15) is 5.69 Å². The summed E-state index contributed by atoms with van der Waals surface area (Å²) in [7, 11) is 0. The van der Waals surface area contributed by atoms with Gasteiger partial charge in [0.15, 0.2) is 0 Å². The number of carboxylic acid groups (broad SMARTS) is 1. The van der Waals surface area contributed by atoms with Crippen molar-refractivity contribution in [1.29, 1.82) is 0 Å². The number of benzene rings is 1. The number of hydrogen-bond donors (Lipinski definition) is 1. The smallest absolute Gasteiger partial charge is 0.335 e. The summed E-state index contributed by atoms with van der Waals surface area (Å²) in [5.74, 6) is -1.35. The molecule has 1 saturated heterocycles. The van der Waals surface area contributed by atoms with Gasteiger partial charge in [-0.15, -0.1) is 11.6 Å². The van der Waals surface area contributed by atoms with Crippen LogP contribution < -0.4 is 4.90 Å². The molecule has 112 valence electrons. The lowest BCUT2D eigenvalue weighted by Gasteiger charge is -2.18. The number of carboxylic acids is 1.